The molecule has 0 saturated heterocycles. The Morgan fingerprint density at radius 1 is 0.500 bits per heavy atom. The fourth-order valence-electron chi connectivity index (χ4n) is 1.58. The van der Waals surface area contributed by atoms with E-state index in [0.717, 1.165) is 23.0 Å². The third-order valence-corrected chi connectivity index (χ3v) is 4.21. The largest absolute Gasteiger partial charge is 0.175 e. The molecule has 0 aliphatic heterocycles. The van der Waals surface area contributed by atoms with Crippen molar-refractivity contribution in [3.05, 3.63) is 70.8 Å². The first-order valence-corrected chi connectivity index (χ1v) is 8.85. The van der Waals surface area contributed by atoms with Gasteiger partial charge in [0.2, 0.25) is 0 Å². The topological polar surface area (TPSA) is 0 Å². The maximum Gasteiger partial charge on any atom is 0.0154 e. The van der Waals surface area contributed by atoms with Gasteiger partial charge in [-0.1, -0.05) is 48.5 Å². The van der Waals surface area contributed by atoms with E-state index in [1.165, 1.54) is 22.3 Å². The summed E-state index contributed by atoms with van der Waals surface area (Å²) in [5.74, 6) is 3.24. The highest BCUT2D eigenvalue weighted by Gasteiger charge is 1.90. The van der Waals surface area contributed by atoms with Crippen LogP contribution in [0.2, 0.25) is 0 Å². The Hall–Kier alpha value is -0.160. The number of rotatable bonds is 4. The molecular formula is C16H20S4. The van der Waals surface area contributed by atoms with Gasteiger partial charge < -0.3 is 0 Å². The number of thiol groups is 4. The lowest BCUT2D eigenvalue weighted by atomic mass is 10.2. The number of benzene rings is 2. The maximum absolute atomic E-state index is 4.17. The zero-order valence-corrected chi connectivity index (χ0v) is 14.8. The lowest BCUT2D eigenvalue weighted by Gasteiger charge is -1.97. The van der Waals surface area contributed by atoms with Crippen molar-refractivity contribution in [3.63, 3.8) is 0 Å². The van der Waals surface area contributed by atoms with Crippen molar-refractivity contribution in [3.8, 4) is 0 Å². The van der Waals surface area contributed by atoms with Crippen LogP contribution < -0.4 is 0 Å². The molecule has 0 spiro atoms. The van der Waals surface area contributed by atoms with Crippen LogP contribution in [0.1, 0.15) is 22.3 Å². The van der Waals surface area contributed by atoms with Gasteiger partial charge in [-0.05, 0) is 22.3 Å². The van der Waals surface area contributed by atoms with Crippen LogP contribution in [0.5, 0.6) is 0 Å². The Bertz CT molecular complexity index is 452. The van der Waals surface area contributed by atoms with E-state index in [0.29, 0.717) is 0 Å². The minimum Gasteiger partial charge on any atom is -0.175 e. The van der Waals surface area contributed by atoms with Gasteiger partial charge in [0.05, 0.1) is 0 Å². The van der Waals surface area contributed by atoms with Gasteiger partial charge in [0, 0.05) is 23.0 Å². The van der Waals surface area contributed by atoms with Crippen molar-refractivity contribution in [2.75, 3.05) is 0 Å². The van der Waals surface area contributed by atoms with Crippen LogP contribution in [0.25, 0.3) is 0 Å². The van der Waals surface area contributed by atoms with Crippen molar-refractivity contribution in [2.24, 2.45) is 0 Å². The SMILES string of the molecule is SCc1ccc(CS)cc1.SCc1cccc(CS)c1. The van der Waals surface area contributed by atoms with Crippen LogP contribution in [-0.4, -0.2) is 0 Å². The van der Waals surface area contributed by atoms with Crippen LogP contribution in [0.4, 0.5) is 0 Å². The van der Waals surface area contributed by atoms with E-state index in [1.807, 2.05) is 6.07 Å². The molecule has 0 aromatic heterocycles. The maximum atomic E-state index is 4.17. The summed E-state index contributed by atoms with van der Waals surface area (Å²) in [6.45, 7) is 0. The zero-order chi connectivity index (χ0) is 14.8. The van der Waals surface area contributed by atoms with Gasteiger partial charge in [0.15, 0.2) is 0 Å². The average molecular weight is 341 g/mol. The summed E-state index contributed by atoms with van der Waals surface area (Å²) >= 11 is 16.7. The molecule has 0 atom stereocenters. The monoisotopic (exact) mass is 340 g/mol. The first-order chi connectivity index (χ1) is 9.73. The van der Waals surface area contributed by atoms with Gasteiger partial charge in [-0.15, -0.1) is 0 Å². The van der Waals surface area contributed by atoms with E-state index in [-0.39, 0.29) is 0 Å². The van der Waals surface area contributed by atoms with Crippen LogP contribution in [-0.2, 0) is 23.0 Å². The summed E-state index contributed by atoms with van der Waals surface area (Å²) in [6, 6.07) is 16.6. The van der Waals surface area contributed by atoms with E-state index in [2.05, 4.69) is 93.0 Å². The Balaban J connectivity index is 0.000000200. The normalized spacial score (nSPS) is 9.80. The van der Waals surface area contributed by atoms with E-state index in [9.17, 15) is 0 Å². The summed E-state index contributed by atoms with van der Waals surface area (Å²) in [5, 5.41) is 0. The van der Waals surface area contributed by atoms with Crippen molar-refractivity contribution >= 4 is 50.5 Å². The lowest BCUT2D eigenvalue weighted by Crippen LogP contribution is -1.80. The minimum atomic E-state index is 0.807. The second-order valence-corrected chi connectivity index (χ2v) is 5.53. The van der Waals surface area contributed by atoms with Crippen LogP contribution in [0.3, 0.4) is 0 Å². The molecule has 0 N–H and O–H groups in total. The first kappa shape index (κ1) is 17.9. The highest BCUT2D eigenvalue weighted by Crippen LogP contribution is 2.09. The second-order valence-electron chi connectivity index (χ2n) is 4.27. The van der Waals surface area contributed by atoms with Gasteiger partial charge in [0.1, 0.15) is 0 Å². The van der Waals surface area contributed by atoms with E-state index in [4.69, 9.17) is 0 Å². The van der Waals surface area contributed by atoms with Gasteiger partial charge in [0.25, 0.3) is 0 Å². The highest BCUT2D eigenvalue weighted by atomic mass is 32.1. The minimum absolute atomic E-state index is 0.807. The molecule has 20 heavy (non-hydrogen) atoms. The summed E-state index contributed by atoms with van der Waals surface area (Å²) in [5.41, 5.74) is 5.03. The van der Waals surface area contributed by atoms with Crippen LogP contribution >= 0.6 is 50.5 Å². The molecule has 0 aliphatic rings. The Kier molecular flexibility index (Phi) is 9.44. The average Bonchev–Trinajstić information content (AvgIpc) is 2.55. The van der Waals surface area contributed by atoms with Gasteiger partial charge >= 0.3 is 0 Å². The summed E-state index contributed by atoms with van der Waals surface area (Å²) in [6.07, 6.45) is 0. The molecule has 0 saturated carbocycles. The molecule has 0 amide bonds. The molecule has 2 aromatic carbocycles. The van der Waals surface area contributed by atoms with E-state index in [1.54, 1.807) is 0 Å². The molecular weight excluding hydrogens is 320 g/mol. The highest BCUT2D eigenvalue weighted by molar-refractivity contribution is 7.79. The summed E-state index contributed by atoms with van der Waals surface area (Å²) < 4.78 is 0. The third kappa shape index (κ3) is 6.53. The smallest absolute Gasteiger partial charge is 0.0154 e. The molecule has 2 aromatic rings. The van der Waals surface area contributed by atoms with Crippen molar-refractivity contribution in [1.82, 2.24) is 0 Å². The molecule has 0 unspecified atom stereocenters. The van der Waals surface area contributed by atoms with Crippen LogP contribution in [0.15, 0.2) is 48.5 Å². The molecule has 0 radical (unpaired) electrons. The van der Waals surface area contributed by atoms with Crippen LogP contribution in [0, 0.1) is 0 Å². The van der Waals surface area contributed by atoms with Crippen molar-refractivity contribution < 1.29 is 0 Å². The molecule has 0 heterocycles. The number of hydrogen-bond donors (Lipinski definition) is 4. The molecule has 0 bridgehead atoms. The molecule has 0 fully saturated rings. The Morgan fingerprint density at radius 3 is 1.15 bits per heavy atom. The zero-order valence-electron chi connectivity index (χ0n) is 11.2. The molecule has 4 heteroatoms. The first-order valence-electron chi connectivity index (χ1n) is 6.32. The Morgan fingerprint density at radius 2 is 0.850 bits per heavy atom. The summed E-state index contributed by atoms with van der Waals surface area (Å²) in [4.78, 5) is 0. The molecule has 0 aliphatic carbocycles. The summed E-state index contributed by atoms with van der Waals surface area (Å²) in [7, 11) is 0. The van der Waals surface area contributed by atoms with Gasteiger partial charge in [-0.2, -0.15) is 50.5 Å². The lowest BCUT2D eigenvalue weighted by molar-refractivity contribution is 1.34. The molecule has 0 nitrogen and oxygen atoms in total. The van der Waals surface area contributed by atoms with E-state index >= 15 is 0 Å². The quantitative estimate of drug-likeness (QED) is 0.547. The third-order valence-electron chi connectivity index (χ3n) is 2.74. The predicted molar refractivity (Wildman–Crippen MR) is 104 cm³/mol. The van der Waals surface area contributed by atoms with Gasteiger partial charge in [-0.25, -0.2) is 0 Å². The van der Waals surface area contributed by atoms with Gasteiger partial charge in [-0.3, -0.25) is 0 Å². The van der Waals surface area contributed by atoms with Crippen molar-refractivity contribution in [1.29, 1.82) is 0 Å². The molecule has 2 rings (SSSR count). The van der Waals surface area contributed by atoms with E-state index < -0.39 is 0 Å². The van der Waals surface area contributed by atoms with Crippen molar-refractivity contribution in [2.45, 2.75) is 23.0 Å². The Labute approximate surface area is 144 Å². The standard InChI is InChI=1S/2C8H10S2/c9-5-7-1-2-8(6-10)4-3-7;9-5-7-2-1-3-8(4-7)6-10/h2*1-4,9-10H,5-6H2. The fourth-order valence-corrected chi connectivity index (χ4v) is 2.39. The molecule has 108 valence electrons. The predicted octanol–water partition coefficient (Wildman–Crippen LogP) is 5.09. The second kappa shape index (κ2) is 10.6. The fraction of sp³-hybridized carbons (Fsp3) is 0.250. The number of hydrogen-bond acceptors (Lipinski definition) is 4.